The molecule has 1 saturated heterocycles. The zero-order chi connectivity index (χ0) is 14.7. The van der Waals surface area contributed by atoms with Crippen LogP contribution in [0.1, 0.15) is 41.8 Å². The number of aryl methyl sites for hydroxylation is 2. The Balaban J connectivity index is 1.78. The predicted octanol–water partition coefficient (Wildman–Crippen LogP) is 2.18. The Hall–Kier alpha value is -0.490. The lowest BCUT2D eigenvalue weighted by atomic mass is 9.88. The van der Waals surface area contributed by atoms with Crippen molar-refractivity contribution in [3.63, 3.8) is 0 Å². The minimum Gasteiger partial charge on any atom is -0.383 e. The van der Waals surface area contributed by atoms with Crippen molar-refractivity contribution in [1.82, 2.24) is 15.2 Å². The lowest BCUT2D eigenvalue weighted by molar-refractivity contribution is 0.123. The highest BCUT2D eigenvalue weighted by Crippen LogP contribution is 2.38. The third-order valence-corrected chi connectivity index (χ3v) is 6.29. The number of hydrogen-bond acceptors (Lipinski definition) is 5. The molecule has 0 bridgehead atoms. The quantitative estimate of drug-likeness (QED) is 0.817. The number of likely N-dealkylation sites (tertiary alicyclic amines) is 1. The SMILES string of the molecule is CCN1CCC(NCCOC)(c2nc3c(s2)CCC3)CC1. The summed E-state index contributed by atoms with van der Waals surface area (Å²) >= 11 is 1.96. The third kappa shape index (κ3) is 3.16. The molecule has 1 aromatic heterocycles. The predicted molar refractivity (Wildman–Crippen MR) is 87.0 cm³/mol. The Morgan fingerprint density at radius 3 is 2.81 bits per heavy atom. The van der Waals surface area contributed by atoms with E-state index in [1.165, 1.54) is 47.9 Å². The molecule has 2 aliphatic rings. The molecule has 0 radical (unpaired) electrons. The van der Waals surface area contributed by atoms with Gasteiger partial charge in [0, 0.05) is 31.6 Å². The molecular weight excluding hydrogens is 282 g/mol. The second-order valence-electron chi connectivity index (χ2n) is 6.18. The van der Waals surface area contributed by atoms with Crippen molar-refractivity contribution in [3.8, 4) is 0 Å². The first-order chi connectivity index (χ1) is 10.3. The van der Waals surface area contributed by atoms with Gasteiger partial charge in [0.25, 0.3) is 0 Å². The summed E-state index contributed by atoms with van der Waals surface area (Å²) in [6.07, 6.45) is 6.04. The molecule has 118 valence electrons. The summed E-state index contributed by atoms with van der Waals surface area (Å²) in [5, 5.41) is 5.11. The van der Waals surface area contributed by atoms with Crippen molar-refractivity contribution < 1.29 is 4.74 Å². The van der Waals surface area contributed by atoms with Crippen LogP contribution in [0.25, 0.3) is 0 Å². The van der Waals surface area contributed by atoms with Crippen molar-refractivity contribution >= 4 is 11.3 Å². The molecule has 1 aromatic rings. The maximum absolute atomic E-state index is 5.23. The fourth-order valence-electron chi connectivity index (χ4n) is 3.50. The van der Waals surface area contributed by atoms with Gasteiger partial charge in [-0.15, -0.1) is 11.3 Å². The number of rotatable bonds is 6. The summed E-state index contributed by atoms with van der Waals surface area (Å²) in [7, 11) is 1.77. The van der Waals surface area contributed by atoms with E-state index in [1.807, 2.05) is 11.3 Å². The molecule has 0 spiro atoms. The molecule has 0 amide bonds. The lowest BCUT2D eigenvalue weighted by Gasteiger charge is -2.41. The van der Waals surface area contributed by atoms with E-state index in [-0.39, 0.29) is 5.54 Å². The molecule has 1 fully saturated rings. The minimum atomic E-state index is 0.0825. The van der Waals surface area contributed by atoms with E-state index >= 15 is 0 Å². The zero-order valence-electron chi connectivity index (χ0n) is 13.3. The number of methoxy groups -OCH3 is 1. The van der Waals surface area contributed by atoms with Gasteiger partial charge in [-0.2, -0.15) is 0 Å². The normalized spacial score (nSPS) is 21.6. The monoisotopic (exact) mass is 309 g/mol. The number of nitrogens with zero attached hydrogens (tertiary/aromatic N) is 2. The highest BCUT2D eigenvalue weighted by molar-refractivity contribution is 7.12. The maximum atomic E-state index is 5.23. The van der Waals surface area contributed by atoms with Crippen molar-refractivity contribution in [1.29, 1.82) is 0 Å². The van der Waals surface area contributed by atoms with E-state index in [2.05, 4.69) is 17.1 Å². The van der Waals surface area contributed by atoms with Crippen LogP contribution >= 0.6 is 11.3 Å². The Labute approximate surface area is 131 Å². The van der Waals surface area contributed by atoms with Gasteiger partial charge in [0.2, 0.25) is 0 Å². The van der Waals surface area contributed by atoms with E-state index in [0.29, 0.717) is 0 Å². The lowest BCUT2D eigenvalue weighted by Crippen LogP contribution is -2.51. The molecule has 21 heavy (non-hydrogen) atoms. The number of ether oxygens (including phenoxy) is 1. The topological polar surface area (TPSA) is 37.4 Å². The van der Waals surface area contributed by atoms with Gasteiger partial charge in [0.1, 0.15) is 5.01 Å². The average Bonchev–Trinajstić information content (AvgIpc) is 3.10. The van der Waals surface area contributed by atoms with Crippen molar-refractivity contribution in [2.75, 3.05) is 39.9 Å². The number of hydrogen-bond donors (Lipinski definition) is 1. The number of piperidine rings is 1. The van der Waals surface area contributed by atoms with Crippen LogP contribution in [0.3, 0.4) is 0 Å². The summed E-state index contributed by atoms with van der Waals surface area (Å²) in [5.74, 6) is 0. The van der Waals surface area contributed by atoms with Gasteiger partial charge < -0.3 is 15.0 Å². The van der Waals surface area contributed by atoms with Crippen molar-refractivity contribution in [3.05, 3.63) is 15.6 Å². The minimum absolute atomic E-state index is 0.0825. The van der Waals surface area contributed by atoms with Gasteiger partial charge in [0.05, 0.1) is 17.8 Å². The van der Waals surface area contributed by atoms with Gasteiger partial charge in [-0.3, -0.25) is 0 Å². The maximum Gasteiger partial charge on any atom is 0.113 e. The largest absolute Gasteiger partial charge is 0.383 e. The van der Waals surface area contributed by atoms with Gasteiger partial charge >= 0.3 is 0 Å². The first-order valence-corrected chi connectivity index (χ1v) is 9.04. The first kappa shape index (κ1) is 15.4. The van der Waals surface area contributed by atoms with Crippen molar-refractivity contribution in [2.45, 2.75) is 44.6 Å². The molecule has 3 rings (SSSR count). The van der Waals surface area contributed by atoms with Crippen LogP contribution in [0.4, 0.5) is 0 Å². The standard InChI is InChI=1S/C16H27N3OS/c1-3-19-10-7-16(8-11-19,17-9-12-20-2)15-18-13-5-4-6-14(13)21-15/h17H,3-12H2,1-2H3. The van der Waals surface area contributed by atoms with Crippen LogP contribution in [-0.2, 0) is 23.1 Å². The summed E-state index contributed by atoms with van der Waals surface area (Å²) in [6.45, 7) is 7.42. The van der Waals surface area contributed by atoms with Crippen LogP contribution < -0.4 is 5.32 Å². The first-order valence-electron chi connectivity index (χ1n) is 8.23. The van der Waals surface area contributed by atoms with Gasteiger partial charge in [0.15, 0.2) is 0 Å². The molecule has 1 aliphatic carbocycles. The van der Waals surface area contributed by atoms with E-state index in [4.69, 9.17) is 9.72 Å². The summed E-state index contributed by atoms with van der Waals surface area (Å²) in [5.41, 5.74) is 1.46. The Kier molecular flexibility index (Phi) is 4.94. The molecule has 5 heteroatoms. The Morgan fingerprint density at radius 2 is 2.14 bits per heavy atom. The third-order valence-electron chi connectivity index (χ3n) is 4.93. The van der Waals surface area contributed by atoms with Gasteiger partial charge in [-0.1, -0.05) is 6.92 Å². The Morgan fingerprint density at radius 1 is 1.33 bits per heavy atom. The Bertz CT molecular complexity index is 439. The van der Waals surface area contributed by atoms with Crippen LogP contribution in [0.5, 0.6) is 0 Å². The van der Waals surface area contributed by atoms with Gasteiger partial charge in [-0.25, -0.2) is 4.98 Å². The fourth-order valence-corrected chi connectivity index (χ4v) is 4.88. The number of fused-ring (bicyclic) bond motifs is 1. The summed E-state index contributed by atoms with van der Waals surface area (Å²) < 4.78 is 5.23. The van der Waals surface area contributed by atoms with Gasteiger partial charge in [-0.05, 0) is 38.6 Å². The highest BCUT2D eigenvalue weighted by Gasteiger charge is 2.39. The smallest absolute Gasteiger partial charge is 0.113 e. The van der Waals surface area contributed by atoms with Crippen LogP contribution in [0.15, 0.2) is 0 Å². The van der Waals surface area contributed by atoms with Crippen LogP contribution in [0, 0.1) is 0 Å². The number of aromatic nitrogens is 1. The molecule has 4 nitrogen and oxygen atoms in total. The summed E-state index contributed by atoms with van der Waals surface area (Å²) in [6, 6.07) is 0. The summed E-state index contributed by atoms with van der Waals surface area (Å²) in [4.78, 5) is 9.09. The molecule has 0 aromatic carbocycles. The average molecular weight is 309 g/mol. The van der Waals surface area contributed by atoms with E-state index in [0.717, 1.165) is 32.5 Å². The number of thiazole rings is 1. The molecule has 0 saturated carbocycles. The fraction of sp³-hybridized carbons (Fsp3) is 0.812. The molecule has 0 atom stereocenters. The second kappa shape index (κ2) is 6.73. The van der Waals surface area contributed by atoms with Crippen LogP contribution in [0.2, 0.25) is 0 Å². The van der Waals surface area contributed by atoms with E-state index in [1.54, 1.807) is 7.11 Å². The molecule has 1 N–H and O–H groups in total. The van der Waals surface area contributed by atoms with E-state index in [9.17, 15) is 0 Å². The van der Waals surface area contributed by atoms with Crippen molar-refractivity contribution in [2.24, 2.45) is 0 Å². The van der Waals surface area contributed by atoms with E-state index < -0.39 is 0 Å². The molecule has 2 heterocycles. The molecule has 0 unspecified atom stereocenters. The highest BCUT2D eigenvalue weighted by atomic mass is 32.1. The molecule has 1 aliphatic heterocycles. The zero-order valence-corrected chi connectivity index (χ0v) is 14.1. The van der Waals surface area contributed by atoms with Crippen LogP contribution in [-0.4, -0.2) is 49.8 Å². The number of nitrogens with one attached hydrogen (secondary N) is 1. The molecular formula is C16H27N3OS. The second-order valence-corrected chi connectivity index (χ2v) is 7.26.